The highest BCUT2D eigenvalue weighted by atomic mass is 35.5. The van der Waals surface area contributed by atoms with Crippen molar-refractivity contribution in [1.29, 1.82) is 0 Å². The molecule has 192 valence electrons. The minimum atomic E-state index is -4.64. The Labute approximate surface area is 215 Å². The summed E-state index contributed by atoms with van der Waals surface area (Å²) in [5.74, 6) is -0.491. The number of likely N-dealkylation sites (tertiary alicyclic amines) is 2. The minimum Gasteiger partial charge on any atom is -0.346 e. The number of carbonyl (C=O) groups excluding carboxylic acids is 1. The van der Waals surface area contributed by atoms with Crippen LogP contribution in [0.3, 0.4) is 0 Å². The normalized spacial score (nSPS) is 17.9. The molecule has 0 atom stereocenters. The van der Waals surface area contributed by atoms with Gasteiger partial charge >= 0.3 is 6.18 Å². The highest BCUT2D eigenvalue weighted by Crippen LogP contribution is 2.33. The first-order chi connectivity index (χ1) is 17.8. The van der Waals surface area contributed by atoms with Crippen molar-refractivity contribution < 1.29 is 18.0 Å². The largest absolute Gasteiger partial charge is 0.433 e. The van der Waals surface area contributed by atoms with Gasteiger partial charge in [0.15, 0.2) is 0 Å². The van der Waals surface area contributed by atoms with Gasteiger partial charge in [0.05, 0.1) is 22.8 Å². The first-order valence-electron chi connectivity index (χ1n) is 12.0. The molecule has 8 nitrogen and oxygen atoms in total. The summed E-state index contributed by atoms with van der Waals surface area (Å²) in [7, 11) is 0. The average molecular weight is 530 g/mol. The molecule has 0 spiro atoms. The Kier molecular flexibility index (Phi) is 5.91. The fraction of sp³-hybridized carbons (Fsp3) is 0.360. The topological polar surface area (TPSA) is 82.9 Å². The van der Waals surface area contributed by atoms with Gasteiger partial charge in [-0.25, -0.2) is 4.98 Å². The van der Waals surface area contributed by atoms with Gasteiger partial charge in [-0.05, 0) is 36.6 Å². The quantitative estimate of drug-likeness (QED) is 0.416. The van der Waals surface area contributed by atoms with Gasteiger partial charge in [0.1, 0.15) is 11.3 Å². The van der Waals surface area contributed by atoms with Crippen LogP contribution in [0.1, 0.15) is 34.9 Å². The van der Waals surface area contributed by atoms with E-state index in [0.717, 1.165) is 60.4 Å². The Balaban J connectivity index is 1.05. The number of hydrogen-bond donors (Lipinski definition) is 1. The number of nitrogens with one attached hydrogen (secondary N) is 1. The second kappa shape index (κ2) is 9.14. The van der Waals surface area contributed by atoms with Crippen LogP contribution >= 0.6 is 11.6 Å². The van der Waals surface area contributed by atoms with E-state index in [9.17, 15) is 18.0 Å². The molecule has 0 aliphatic carbocycles. The molecule has 4 aromatic heterocycles. The molecular formula is C25H23ClF3N7O. The molecule has 1 N–H and O–H groups in total. The second-order valence-electron chi connectivity index (χ2n) is 9.49. The molecule has 2 aliphatic rings. The minimum absolute atomic E-state index is 0.0756. The Hall–Kier alpha value is -3.44. The van der Waals surface area contributed by atoms with Crippen LogP contribution in [0.25, 0.3) is 22.2 Å². The fourth-order valence-electron chi connectivity index (χ4n) is 5.20. The van der Waals surface area contributed by atoms with Crippen LogP contribution in [0.5, 0.6) is 0 Å². The summed E-state index contributed by atoms with van der Waals surface area (Å²) in [5.41, 5.74) is 1.69. The van der Waals surface area contributed by atoms with Gasteiger partial charge < -0.3 is 9.88 Å². The summed E-state index contributed by atoms with van der Waals surface area (Å²) < 4.78 is 41.1. The number of hydrogen-bond acceptors (Lipinski definition) is 5. The van der Waals surface area contributed by atoms with E-state index in [-0.39, 0.29) is 16.6 Å². The van der Waals surface area contributed by atoms with Gasteiger partial charge in [0, 0.05) is 68.0 Å². The van der Waals surface area contributed by atoms with Crippen LogP contribution in [-0.2, 0) is 6.18 Å². The highest BCUT2D eigenvalue weighted by Gasteiger charge is 2.37. The number of nitrogens with zero attached hydrogens (tertiary/aromatic N) is 6. The first kappa shape index (κ1) is 23.9. The third-order valence-corrected chi connectivity index (χ3v) is 7.58. The van der Waals surface area contributed by atoms with E-state index in [0.29, 0.717) is 19.1 Å². The summed E-state index contributed by atoms with van der Waals surface area (Å²) in [6.45, 7) is 2.65. The smallest absolute Gasteiger partial charge is 0.346 e. The van der Waals surface area contributed by atoms with Gasteiger partial charge in [0.25, 0.3) is 5.91 Å². The van der Waals surface area contributed by atoms with Crippen molar-refractivity contribution in [2.24, 2.45) is 0 Å². The zero-order valence-electron chi connectivity index (χ0n) is 19.6. The van der Waals surface area contributed by atoms with E-state index in [1.165, 1.54) is 0 Å². The third kappa shape index (κ3) is 4.46. The van der Waals surface area contributed by atoms with Crippen LogP contribution in [0.15, 0.2) is 49.2 Å². The lowest BCUT2D eigenvalue weighted by Crippen LogP contribution is -2.56. The number of aromatic amines is 1. The summed E-state index contributed by atoms with van der Waals surface area (Å²) in [6, 6.07) is 5.32. The van der Waals surface area contributed by atoms with Crippen LogP contribution in [0.2, 0.25) is 5.02 Å². The molecule has 12 heteroatoms. The fourth-order valence-corrected chi connectivity index (χ4v) is 5.39. The molecule has 0 saturated carbocycles. The molecule has 0 bridgehead atoms. The van der Waals surface area contributed by atoms with Crippen LogP contribution in [0.4, 0.5) is 13.2 Å². The van der Waals surface area contributed by atoms with Crippen molar-refractivity contribution in [2.75, 3.05) is 26.2 Å². The summed E-state index contributed by atoms with van der Waals surface area (Å²) in [6.07, 6.45) is 5.36. The molecule has 0 aromatic carbocycles. The van der Waals surface area contributed by atoms with Crippen molar-refractivity contribution in [1.82, 2.24) is 34.5 Å². The van der Waals surface area contributed by atoms with E-state index in [1.54, 1.807) is 11.1 Å². The van der Waals surface area contributed by atoms with E-state index in [1.807, 2.05) is 29.2 Å². The Morgan fingerprint density at radius 1 is 1.08 bits per heavy atom. The number of H-pyrrole nitrogens is 1. The predicted octanol–water partition coefficient (Wildman–Crippen LogP) is 4.66. The van der Waals surface area contributed by atoms with Crippen molar-refractivity contribution in [3.05, 3.63) is 65.5 Å². The van der Waals surface area contributed by atoms with Gasteiger partial charge in [-0.2, -0.15) is 18.3 Å². The maximum absolute atomic E-state index is 13.0. The highest BCUT2D eigenvalue weighted by molar-refractivity contribution is 6.33. The SMILES string of the molecule is O=C(c1cc(C(F)(F)F)ncc1Cl)N1CCC(N2CC(n3cc(-c4ccnc5[nH]ccc45)cn3)C2)CC1. The summed E-state index contributed by atoms with van der Waals surface area (Å²) >= 11 is 6.01. The molecule has 2 fully saturated rings. The number of aromatic nitrogens is 5. The van der Waals surface area contributed by atoms with E-state index < -0.39 is 17.8 Å². The average Bonchev–Trinajstić information content (AvgIpc) is 3.53. The Bertz CT molecular complexity index is 1450. The number of pyridine rings is 2. The van der Waals surface area contributed by atoms with Gasteiger partial charge in [-0.1, -0.05) is 11.6 Å². The lowest BCUT2D eigenvalue weighted by molar-refractivity contribution is -0.141. The Morgan fingerprint density at radius 3 is 2.62 bits per heavy atom. The summed E-state index contributed by atoms with van der Waals surface area (Å²) in [5, 5.41) is 5.58. The molecule has 37 heavy (non-hydrogen) atoms. The molecule has 0 unspecified atom stereocenters. The Morgan fingerprint density at radius 2 is 1.86 bits per heavy atom. The van der Waals surface area contributed by atoms with Crippen LogP contribution in [0, 0.1) is 0 Å². The van der Waals surface area contributed by atoms with Gasteiger partial charge in [0.2, 0.25) is 0 Å². The van der Waals surface area contributed by atoms with Crippen molar-refractivity contribution in [2.45, 2.75) is 31.1 Å². The van der Waals surface area contributed by atoms with Crippen LogP contribution in [-0.4, -0.2) is 72.7 Å². The number of piperidine rings is 1. The van der Waals surface area contributed by atoms with Crippen molar-refractivity contribution >= 4 is 28.5 Å². The van der Waals surface area contributed by atoms with Crippen molar-refractivity contribution in [3.63, 3.8) is 0 Å². The zero-order valence-corrected chi connectivity index (χ0v) is 20.4. The molecular weight excluding hydrogens is 507 g/mol. The maximum Gasteiger partial charge on any atom is 0.433 e. The maximum atomic E-state index is 13.0. The number of alkyl halides is 3. The van der Waals surface area contributed by atoms with E-state index in [4.69, 9.17) is 11.6 Å². The standard InChI is InChI=1S/C25H23ClF3N7O/c26-21-11-32-22(25(27,28)29)9-20(21)24(37)34-7-3-16(4-8-34)35-13-17(14-35)36-12-15(10-33-36)18-1-5-30-23-19(18)2-6-31-23/h1-2,5-6,9-12,16-17H,3-4,7-8,13-14H2,(H,30,31). The number of halogens is 4. The van der Waals surface area contributed by atoms with Gasteiger partial charge in [-0.3, -0.25) is 19.4 Å². The lowest BCUT2D eigenvalue weighted by atomic mass is 9.97. The molecule has 6 rings (SSSR count). The number of amides is 1. The van der Waals surface area contributed by atoms with E-state index in [2.05, 4.69) is 31.1 Å². The molecule has 2 aliphatic heterocycles. The molecule has 0 radical (unpaired) electrons. The molecule has 4 aromatic rings. The number of rotatable bonds is 4. The molecule has 2 saturated heterocycles. The number of fused-ring (bicyclic) bond motifs is 1. The third-order valence-electron chi connectivity index (χ3n) is 7.28. The molecule has 6 heterocycles. The monoisotopic (exact) mass is 529 g/mol. The first-order valence-corrected chi connectivity index (χ1v) is 12.4. The van der Waals surface area contributed by atoms with Gasteiger partial charge in [-0.15, -0.1) is 0 Å². The lowest BCUT2D eigenvalue weighted by Gasteiger charge is -2.47. The van der Waals surface area contributed by atoms with E-state index >= 15 is 0 Å². The zero-order chi connectivity index (χ0) is 25.7. The molecule has 1 amide bonds. The second-order valence-corrected chi connectivity index (χ2v) is 9.89. The van der Waals surface area contributed by atoms with Crippen molar-refractivity contribution in [3.8, 4) is 11.1 Å². The van der Waals surface area contributed by atoms with Crippen LogP contribution < -0.4 is 0 Å². The summed E-state index contributed by atoms with van der Waals surface area (Å²) in [4.78, 5) is 27.6. The number of carbonyl (C=O) groups is 1. The predicted molar refractivity (Wildman–Crippen MR) is 131 cm³/mol.